The van der Waals surface area contributed by atoms with Crippen LogP contribution < -0.4 is 4.74 Å². The molecule has 0 unspecified atom stereocenters. The van der Waals surface area contributed by atoms with Crippen LogP contribution in [0.1, 0.15) is 39.4 Å². The third kappa shape index (κ3) is 5.67. The second-order valence-electron chi connectivity index (χ2n) is 10.1. The van der Waals surface area contributed by atoms with E-state index in [0.29, 0.717) is 12.2 Å². The van der Waals surface area contributed by atoms with Gasteiger partial charge in [0.05, 0.1) is 29.4 Å². The smallest absolute Gasteiger partial charge is 0.335 e. The third-order valence-corrected chi connectivity index (χ3v) is 7.20. The average molecular weight is 604 g/mol. The molecule has 3 aromatic heterocycles. The molecule has 1 aliphatic rings. The van der Waals surface area contributed by atoms with Gasteiger partial charge in [-0.25, -0.2) is 37.3 Å². The number of carboxylic acid groups (broad SMARTS) is 1. The number of carbonyl (C=O) groups is 1. The van der Waals surface area contributed by atoms with Crippen LogP contribution in [-0.2, 0) is 24.3 Å². The van der Waals surface area contributed by atoms with Crippen molar-refractivity contribution in [3.05, 3.63) is 106 Å². The van der Waals surface area contributed by atoms with E-state index in [9.17, 15) is 18.7 Å². The van der Waals surface area contributed by atoms with E-state index in [1.807, 2.05) is 6.07 Å². The first-order chi connectivity index (χ1) is 21.2. The molecule has 9 nitrogen and oxygen atoms in total. The number of fused-ring (bicyclic) bond motifs is 1. The number of hydrogen-bond donors (Lipinski definition) is 1. The van der Waals surface area contributed by atoms with Crippen LogP contribution in [0.25, 0.3) is 22.3 Å². The minimum absolute atomic E-state index is 0.0834. The molecular formula is C31H21F4N5O4. The molecule has 1 fully saturated rings. The van der Waals surface area contributed by atoms with Crippen LogP contribution >= 0.6 is 0 Å². The highest BCUT2D eigenvalue weighted by Crippen LogP contribution is 2.30. The zero-order valence-corrected chi connectivity index (χ0v) is 22.7. The summed E-state index contributed by atoms with van der Waals surface area (Å²) in [5.41, 5.74) is 0.137. The second kappa shape index (κ2) is 11.7. The number of aromatic carboxylic acids is 1. The number of carboxylic acids is 1. The summed E-state index contributed by atoms with van der Waals surface area (Å²) in [7, 11) is 0. The highest BCUT2D eigenvalue weighted by Gasteiger charge is 2.25. The molecule has 44 heavy (non-hydrogen) atoms. The van der Waals surface area contributed by atoms with E-state index in [1.165, 1.54) is 24.4 Å². The van der Waals surface area contributed by atoms with Crippen molar-refractivity contribution < 1.29 is 36.9 Å². The number of halogens is 4. The van der Waals surface area contributed by atoms with E-state index in [4.69, 9.17) is 14.7 Å². The summed E-state index contributed by atoms with van der Waals surface area (Å²) in [4.78, 5) is 23.8. The summed E-state index contributed by atoms with van der Waals surface area (Å²) in [6, 6.07) is 11.2. The van der Waals surface area contributed by atoms with Gasteiger partial charge in [0, 0.05) is 30.4 Å². The minimum atomic E-state index is -1.32. The Bertz CT molecular complexity index is 1950. The molecule has 222 valence electrons. The number of hydrogen-bond acceptors (Lipinski definition) is 7. The largest absolute Gasteiger partial charge is 0.478 e. The predicted molar refractivity (Wildman–Crippen MR) is 147 cm³/mol. The molecule has 0 bridgehead atoms. The fourth-order valence-corrected chi connectivity index (χ4v) is 4.82. The number of imidazole rings is 1. The van der Waals surface area contributed by atoms with Crippen LogP contribution in [0, 0.1) is 34.6 Å². The fourth-order valence-electron chi connectivity index (χ4n) is 4.82. The number of rotatable bonds is 9. The number of ether oxygens (including phenoxy) is 2. The molecule has 0 spiro atoms. The van der Waals surface area contributed by atoms with Crippen molar-refractivity contribution in [2.24, 2.45) is 0 Å². The average Bonchev–Trinajstić information content (AvgIpc) is 3.33. The molecule has 0 amide bonds. The van der Waals surface area contributed by atoms with Gasteiger partial charge in [-0.05, 0) is 54.4 Å². The lowest BCUT2D eigenvalue weighted by Crippen LogP contribution is -2.31. The Labute approximate surface area is 247 Å². The van der Waals surface area contributed by atoms with Gasteiger partial charge < -0.3 is 19.1 Å². The van der Waals surface area contributed by atoms with Gasteiger partial charge in [0.2, 0.25) is 0 Å². The summed E-state index contributed by atoms with van der Waals surface area (Å²) >= 11 is 0. The normalized spacial score (nSPS) is 14.3. The molecule has 0 saturated carbocycles. The second-order valence-corrected chi connectivity index (χ2v) is 10.1. The first-order valence-electron chi connectivity index (χ1n) is 13.4. The maximum Gasteiger partial charge on any atom is 0.335 e. The number of aromatic nitrogens is 4. The molecule has 1 atom stereocenters. The highest BCUT2D eigenvalue weighted by atomic mass is 19.1. The summed E-state index contributed by atoms with van der Waals surface area (Å²) in [5, 5.41) is 18.3. The van der Waals surface area contributed by atoms with E-state index in [-0.39, 0.29) is 70.6 Å². The van der Waals surface area contributed by atoms with Crippen LogP contribution in [0.15, 0.2) is 54.7 Å². The van der Waals surface area contributed by atoms with Crippen molar-refractivity contribution in [1.29, 1.82) is 5.26 Å². The predicted octanol–water partition coefficient (Wildman–Crippen LogP) is 5.58. The van der Waals surface area contributed by atoms with Crippen molar-refractivity contribution in [2.75, 3.05) is 6.61 Å². The van der Waals surface area contributed by atoms with Gasteiger partial charge in [0.1, 0.15) is 41.3 Å². The van der Waals surface area contributed by atoms with E-state index in [2.05, 4.69) is 15.0 Å². The molecule has 6 rings (SSSR count). The first kappa shape index (κ1) is 28.8. The summed E-state index contributed by atoms with van der Waals surface area (Å²) in [6.45, 7) is 0.625. The lowest BCUT2D eigenvalue weighted by Gasteiger charge is -2.27. The highest BCUT2D eigenvalue weighted by molar-refractivity contribution is 5.92. The number of benzene rings is 2. The van der Waals surface area contributed by atoms with Gasteiger partial charge in [-0.15, -0.1) is 0 Å². The van der Waals surface area contributed by atoms with Crippen LogP contribution in [-0.4, -0.2) is 43.3 Å². The van der Waals surface area contributed by atoms with Crippen LogP contribution in [0.2, 0.25) is 0 Å². The zero-order chi connectivity index (χ0) is 31.0. The Kier molecular flexibility index (Phi) is 7.67. The Morgan fingerprint density at radius 3 is 2.55 bits per heavy atom. The molecule has 0 aliphatic carbocycles. The minimum Gasteiger partial charge on any atom is -0.478 e. The van der Waals surface area contributed by atoms with E-state index in [0.717, 1.165) is 30.7 Å². The number of nitrogens with zero attached hydrogens (tertiary/aromatic N) is 5. The van der Waals surface area contributed by atoms with E-state index < -0.39 is 35.1 Å². The summed E-state index contributed by atoms with van der Waals surface area (Å²) in [6.07, 6.45) is 1.65. The number of nitriles is 1. The van der Waals surface area contributed by atoms with E-state index in [1.54, 1.807) is 10.6 Å². The lowest BCUT2D eigenvalue weighted by atomic mass is 10.0. The van der Waals surface area contributed by atoms with Crippen molar-refractivity contribution in [1.82, 2.24) is 19.5 Å². The Balaban J connectivity index is 1.29. The third-order valence-electron chi connectivity index (χ3n) is 7.20. The van der Waals surface area contributed by atoms with Crippen molar-refractivity contribution in [2.45, 2.75) is 32.1 Å². The Morgan fingerprint density at radius 1 is 1.05 bits per heavy atom. The van der Waals surface area contributed by atoms with Gasteiger partial charge in [-0.3, -0.25) is 0 Å². The van der Waals surface area contributed by atoms with Gasteiger partial charge in [-0.1, -0.05) is 6.07 Å². The molecule has 13 heteroatoms. The van der Waals surface area contributed by atoms with Crippen LogP contribution in [0.5, 0.6) is 5.88 Å². The van der Waals surface area contributed by atoms with Crippen molar-refractivity contribution in [3.8, 4) is 23.2 Å². The zero-order valence-electron chi connectivity index (χ0n) is 22.7. The topological polar surface area (TPSA) is 123 Å². The van der Waals surface area contributed by atoms with Gasteiger partial charge >= 0.3 is 5.97 Å². The lowest BCUT2D eigenvalue weighted by molar-refractivity contribution is -0.0589. The monoisotopic (exact) mass is 603 g/mol. The summed E-state index contributed by atoms with van der Waals surface area (Å²) < 4.78 is 72.6. The Morgan fingerprint density at radius 2 is 1.86 bits per heavy atom. The maximum absolute atomic E-state index is 15.4. The SMILES string of the molecule is N#Cc1ccc(COc2nc(-c3cc(F)c(Cc4nc5c(F)cc(C(=O)O)cc5n4C[C@@H]4CCO4)cc3F)ccc2F)cn1. The van der Waals surface area contributed by atoms with Crippen molar-refractivity contribution >= 4 is 17.0 Å². The van der Waals surface area contributed by atoms with Crippen LogP contribution in [0.4, 0.5) is 17.6 Å². The molecule has 2 aromatic carbocycles. The molecular weight excluding hydrogens is 582 g/mol. The maximum atomic E-state index is 15.4. The molecule has 5 aromatic rings. The van der Waals surface area contributed by atoms with Gasteiger partial charge in [0.25, 0.3) is 5.88 Å². The Hall–Kier alpha value is -5.35. The molecule has 0 radical (unpaired) electrons. The fraction of sp³-hybridized carbons (Fsp3) is 0.194. The first-order valence-corrected chi connectivity index (χ1v) is 13.4. The molecule has 1 aliphatic heterocycles. The van der Waals surface area contributed by atoms with Gasteiger partial charge in [0.15, 0.2) is 11.6 Å². The van der Waals surface area contributed by atoms with E-state index >= 15 is 8.78 Å². The molecule has 4 heterocycles. The molecule has 1 N–H and O–H groups in total. The molecule has 1 saturated heterocycles. The summed E-state index contributed by atoms with van der Waals surface area (Å²) in [5.74, 6) is -4.91. The standard InChI is InChI=1S/C31H21F4N5O4/c32-22-3-4-26(38-30(22)44-15-16-1-2-19(12-36)37-13-16)21-11-23(33)17(7-24(21)34)10-28-39-29-25(35)8-18(31(41)42)9-27(29)40(28)14-20-5-6-43-20/h1-4,7-9,11,13,20H,5-6,10,14-15H2,(H,41,42)/t20-/m0/s1. The quantitative estimate of drug-likeness (QED) is 0.217. The van der Waals surface area contributed by atoms with Gasteiger partial charge in [-0.2, -0.15) is 5.26 Å². The van der Waals surface area contributed by atoms with Crippen molar-refractivity contribution in [3.63, 3.8) is 0 Å². The number of pyridine rings is 2. The van der Waals surface area contributed by atoms with Crippen LogP contribution in [0.3, 0.4) is 0 Å².